The highest BCUT2D eigenvalue weighted by Gasteiger charge is 2.38. The zero-order valence-corrected chi connectivity index (χ0v) is 11.7. The van der Waals surface area contributed by atoms with Crippen molar-refractivity contribution in [2.75, 3.05) is 24.5 Å². The largest absolute Gasteiger partial charge is 0.490 e. The second-order valence-corrected chi connectivity index (χ2v) is 4.63. The van der Waals surface area contributed by atoms with Gasteiger partial charge in [-0.05, 0) is 13.8 Å². The molecule has 0 amide bonds. The van der Waals surface area contributed by atoms with Crippen LogP contribution in [0.25, 0.3) is 0 Å². The number of rotatable bonds is 1. The van der Waals surface area contributed by atoms with Crippen LogP contribution in [0.5, 0.6) is 0 Å². The Morgan fingerprint density at radius 3 is 2.62 bits per heavy atom. The molecule has 0 aliphatic carbocycles. The molecule has 2 N–H and O–H groups in total. The summed E-state index contributed by atoms with van der Waals surface area (Å²) in [5.74, 6) is -1.68. The highest BCUT2D eigenvalue weighted by atomic mass is 19.4. The van der Waals surface area contributed by atoms with E-state index in [0.717, 1.165) is 31.0 Å². The lowest BCUT2D eigenvalue weighted by Gasteiger charge is -2.33. The molecule has 1 aliphatic rings. The molecule has 0 saturated carbocycles. The van der Waals surface area contributed by atoms with Gasteiger partial charge in [0, 0.05) is 37.4 Å². The monoisotopic (exact) mass is 306 g/mol. The number of piperazine rings is 1. The van der Waals surface area contributed by atoms with Crippen LogP contribution in [0.2, 0.25) is 0 Å². The molecular weight excluding hydrogens is 289 g/mol. The van der Waals surface area contributed by atoms with Crippen molar-refractivity contribution in [1.29, 1.82) is 0 Å². The third kappa shape index (κ3) is 5.54. The molecule has 1 fully saturated rings. The summed E-state index contributed by atoms with van der Waals surface area (Å²) in [5.41, 5.74) is 1.15. The molecular formula is C12H17F3N4O2. The number of aliphatic carboxylic acids is 1. The lowest BCUT2D eigenvalue weighted by Crippen LogP contribution is -2.49. The van der Waals surface area contributed by atoms with Crippen molar-refractivity contribution in [2.45, 2.75) is 26.1 Å². The summed E-state index contributed by atoms with van der Waals surface area (Å²) in [6.07, 6.45) is -1.59. The Hall–Kier alpha value is -1.90. The van der Waals surface area contributed by atoms with Crippen LogP contribution < -0.4 is 10.2 Å². The predicted molar refractivity (Wildman–Crippen MR) is 70.1 cm³/mol. The summed E-state index contributed by atoms with van der Waals surface area (Å²) in [6.45, 7) is 7.34. The topological polar surface area (TPSA) is 78.4 Å². The van der Waals surface area contributed by atoms with Gasteiger partial charge in [-0.15, -0.1) is 0 Å². The van der Waals surface area contributed by atoms with Gasteiger partial charge in [-0.1, -0.05) is 0 Å². The van der Waals surface area contributed by atoms with Crippen molar-refractivity contribution in [3.05, 3.63) is 18.1 Å². The van der Waals surface area contributed by atoms with E-state index in [-0.39, 0.29) is 0 Å². The molecule has 0 aromatic carbocycles. The summed E-state index contributed by atoms with van der Waals surface area (Å²) in [5, 5.41) is 10.5. The maximum Gasteiger partial charge on any atom is 0.490 e. The molecule has 1 aromatic heterocycles. The minimum atomic E-state index is -5.08. The number of aryl methyl sites for hydroxylation is 1. The lowest BCUT2D eigenvalue weighted by molar-refractivity contribution is -0.192. The number of alkyl halides is 3. The molecule has 0 unspecified atom stereocenters. The highest BCUT2D eigenvalue weighted by molar-refractivity contribution is 5.73. The van der Waals surface area contributed by atoms with Gasteiger partial charge >= 0.3 is 12.1 Å². The molecule has 2 heterocycles. The Morgan fingerprint density at radius 1 is 1.52 bits per heavy atom. The average Bonchev–Trinajstić information content (AvgIpc) is 2.39. The minimum Gasteiger partial charge on any atom is -0.475 e. The average molecular weight is 306 g/mol. The van der Waals surface area contributed by atoms with Crippen LogP contribution in [-0.4, -0.2) is 52.9 Å². The van der Waals surface area contributed by atoms with E-state index in [4.69, 9.17) is 9.90 Å². The van der Waals surface area contributed by atoms with Gasteiger partial charge in [0.15, 0.2) is 0 Å². The first-order valence-electron chi connectivity index (χ1n) is 6.27. The van der Waals surface area contributed by atoms with E-state index in [2.05, 4.69) is 34.0 Å². The van der Waals surface area contributed by atoms with Crippen LogP contribution in [0.1, 0.15) is 12.5 Å². The Labute approximate surface area is 120 Å². The van der Waals surface area contributed by atoms with Gasteiger partial charge in [-0.3, -0.25) is 0 Å². The lowest BCUT2D eigenvalue weighted by atomic mass is 10.2. The molecule has 0 bridgehead atoms. The standard InChI is InChI=1S/C10H16N4.C2HF3O2/c1-8-5-11-7-13-10(8)14-4-3-12-9(2)6-14;3-2(4,5)1(6)7/h5,7,9,12H,3-4,6H2,1-2H3;(H,6,7)/t9-;/m0./s1. The second-order valence-electron chi connectivity index (χ2n) is 4.63. The molecule has 1 saturated heterocycles. The highest BCUT2D eigenvalue weighted by Crippen LogP contribution is 2.16. The summed E-state index contributed by atoms with van der Waals surface area (Å²) in [4.78, 5) is 19.5. The van der Waals surface area contributed by atoms with Crippen molar-refractivity contribution < 1.29 is 23.1 Å². The third-order valence-electron chi connectivity index (χ3n) is 2.78. The maximum absolute atomic E-state index is 10.6. The molecule has 1 aromatic rings. The number of nitrogens with one attached hydrogen (secondary N) is 1. The molecule has 1 aliphatic heterocycles. The van der Waals surface area contributed by atoms with E-state index in [1.165, 1.54) is 0 Å². The van der Waals surface area contributed by atoms with Crippen molar-refractivity contribution in [3.8, 4) is 0 Å². The van der Waals surface area contributed by atoms with Gasteiger partial charge < -0.3 is 15.3 Å². The van der Waals surface area contributed by atoms with Crippen molar-refractivity contribution in [3.63, 3.8) is 0 Å². The molecule has 6 nitrogen and oxygen atoms in total. The molecule has 9 heteroatoms. The van der Waals surface area contributed by atoms with Crippen LogP contribution in [0, 0.1) is 6.92 Å². The Kier molecular flexibility index (Phi) is 5.89. The number of hydrogen-bond donors (Lipinski definition) is 2. The van der Waals surface area contributed by atoms with Crippen molar-refractivity contribution in [2.24, 2.45) is 0 Å². The first kappa shape index (κ1) is 17.2. The molecule has 0 spiro atoms. The van der Waals surface area contributed by atoms with Crippen LogP contribution in [0.4, 0.5) is 19.0 Å². The van der Waals surface area contributed by atoms with Crippen molar-refractivity contribution in [1.82, 2.24) is 15.3 Å². The van der Waals surface area contributed by atoms with Gasteiger partial charge in [0.2, 0.25) is 0 Å². The summed E-state index contributed by atoms with van der Waals surface area (Å²) >= 11 is 0. The number of carbonyl (C=O) groups is 1. The number of halogens is 3. The third-order valence-corrected chi connectivity index (χ3v) is 2.78. The fourth-order valence-corrected chi connectivity index (χ4v) is 1.85. The Bertz CT molecular complexity index is 482. The van der Waals surface area contributed by atoms with E-state index in [1.807, 2.05) is 6.20 Å². The van der Waals surface area contributed by atoms with E-state index >= 15 is 0 Å². The smallest absolute Gasteiger partial charge is 0.475 e. The zero-order valence-electron chi connectivity index (χ0n) is 11.7. The van der Waals surface area contributed by atoms with Gasteiger partial charge in [0.25, 0.3) is 0 Å². The summed E-state index contributed by atoms with van der Waals surface area (Å²) < 4.78 is 31.7. The Morgan fingerprint density at radius 2 is 2.14 bits per heavy atom. The van der Waals surface area contributed by atoms with Crippen molar-refractivity contribution >= 4 is 11.8 Å². The van der Waals surface area contributed by atoms with Gasteiger partial charge in [0.05, 0.1) is 0 Å². The number of carboxylic acids is 1. The number of carboxylic acid groups (broad SMARTS) is 1. The second kappa shape index (κ2) is 7.21. The summed E-state index contributed by atoms with van der Waals surface area (Å²) in [7, 11) is 0. The van der Waals surface area contributed by atoms with Gasteiger partial charge in [-0.25, -0.2) is 14.8 Å². The zero-order chi connectivity index (χ0) is 16.0. The van der Waals surface area contributed by atoms with E-state index < -0.39 is 12.1 Å². The normalized spacial score (nSPS) is 18.7. The maximum atomic E-state index is 10.6. The molecule has 0 radical (unpaired) electrons. The van der Waals surface area contributed by atoms with Crippen LogP contribution in [-0.2, 0) is 4.79 Å². The van der Waals surface area contributed by atoms with E-state index in [9.17, 15) is 13.2 Å². The van der Waals surface area contributed by atoms with Crippen LogP contribution in [0.15, 0.2) is 12.5 Å². The molecule has 118 valence electrons. The number of anilines is 1. The van der Waals surface area contributed by atoms with Crippen LogP contribution >= 0.6 is 0 Å². The number of aromatic nitrogens is 2. The van der Waals surface area contributed by atoms with Crippen LogP contribution in [0.3, 0.4) is 0 Å². The SMILES string of the molecule is Cc1cncnc1N1CCN[C@@H](C)C1.O=C(O)C(F)(F)F. The first-order chi connectivity index (χ1) is 9.71. The predicted octanol–water partition coefficient (Wildman–Crippen LogP) is 1.22. The fraction of sp³-hybridized carbons (Fsp3) is 0.583. The molecule has 21 heavy (non-hydrogen) atoms. The first-order valence-corrected chi connectivity index (χ1v) is 6.27. The number of nitrogens with zero attached hydrogens (tertiary/aromatic N) is 3. The Balaban J connectivity index is 0.000000270. The molecule has 1 atom stereocenters. The number of hydrogen-bond acceptors (Lipinski definition) is 5. The molecule has 2 rings (SSSR count). The van der Waals surface area contributed by atoms with E-state index in [1.54, 1.807) is 6.33 Å². The van der Waals surface area contributed by atoms with Gasteiger partial charge in [0.1, 0.15) is 12.1 Å². The van der Waals surface area contributed by atoms with E-state index in [0.29, 0.717) is 6.04 Å². The van der Waals surface area contributed by atoms with Gasteiger partial charge in [-0.2, -0.15) is 13.2 Å². The fourth-order valence-electron chi connectivity index (χ4n) is 1.85. The minimum absolute atomic E-state index is 0.540. The summed E-state index contributed by atoms with van der Waals surface area (Å²) in [6, 6.07) is 0.540. The quantitative estimate of drug-likeness (QED) is 0.812.